The standard InChI is InChI=1S/C22H18FNO2/c1-15-13-18(14-19(23)20(15)22(25)26-2)24-21(16-9-5-3-6-10-16)17-11-7-4-8-12-17/h3-14H,1-2H3. The van der Waals surface area contributed by atoms with E-state index in [2.05, 4.69) is 9.73 Å². The highest BCUT2D eigenvalue weighted by molar-refractivity contribution is 6.14. The maximum atomic E-state index is 14.4. The van der Waals surface area contributed by atoms with Crippen molar-refractivity contribution in [2.75, 3.05) is 7.11 Å². The fourth-order valence-corrected chi connectivity index (χ4v) is 2.77. The van der Waals surface area contributed by atoms with Crippen molar-refractivity contribution < 1.29 is 13.9 Å². The fourth-order valence-electron chi connectivity index (χ4n) is 2.77. The lowest BCUT2D eigenvalue weighted by atomic mass is 10.0. The van der Waals surface area contributed by atoms with E-state index >= 15 is 0 Å². The lowest BCUT2D eigenvalue weighted by Crippen LogP contribution is -2.07. The molecule has 3 aromatic rings. The number of carbonyl (C=O) groups is 1. The molecule has 3 nitrogen and oxygen atoms in total. The quantitative estimate of drug-likeness (QED) is 0.487. The summed E-state index contributed by atoms with van der Waals surface area (Å²) in [6, 6.07) is 22.3. The average Bonchev–Trinajstić information content (AvgIpc) is 2.66. The van der Waals surface area contributed by atoms with E-state index < -0.39 is 11.8 Å². The summed E-state index contributed by atoms with van der Waals surface area (Å²) >= 11 is 0. The van der Waals surface area contributed by atoms with Crippen molar-refractivity contribution in [2.45, 2.75) is 6.92 Å². The summed E-state index contributed by atoms with van der Waals surface area (Å²) in [4.78, 5) is 16.4. The molecule has 0 N–H and O–H groups in total. The number of aliphatic imine (C=N–C) groups is 1. The number of methoxy groups -OCH3 is 1. The molecule has 0 unspecified atom stereocenters. The molecule has 0 heterocycles. The van der Waals surface area contributed by atoms with Gasteiger partial charge < -0.3 is 4.74 Å². The molecule has 0 atom stereocenters. The molecule has 0 aliphatic rings. The molecule has 0 aliphatic carbocycles. The molecule has 0 fully saturated rings. The molecule has 0 saturated heterocycles. The number of benzene rings is 3. The Hall–Kier alpha value is -3.27. The van der Waals surface area contributed by atoms with Crippen molar-refractivity contribution in [2.24, 2.45) is 4.99 Å². The minimum Gasteiger partial charge on any atom is -0.465 e. The van der Waals surface area contributed by atoms with E-state index in [1.165, 1.54) is 13.2 Å². The zero-order chi connectivity index (χ0) is 18.5. The Labute approximate surface area is 151 Å². The molecule has 0 aliphatic heterocycles. The maximum Gasteiger partial charge on any atom is 0.341 e. The summed E-state index contributed by atoms with van der Waals surface area (Å²) in [6.45, 7) is 1.67. The molecule has 3 rings (SSSR count). The van der Waals surface area contributed by atoms with Gasteiger partial charge in [-0.3, -0.25) is 0 Å². The van der Waals surface area contributed by atoms with E-state index in [0.717, 1.165) is 16.8 Å². The smallest absolute Gasteiger partial charge is 0.341 e. The molecule has 4 heteroatoms. The molecular formula is C22H18FNO2. The largest absolute Gasteiger partial charge is 0.465 e. The van der Waals surface area contributed by atoms with E-state index in [0.29, 0.717) is 11.3 Å². The maximum absolute atomic E-state index is 14.4. The highest BCUT2D eigenvalue weighted by Crippen LogP contribution is 2.24. The summed E-state index contributed by atoms with van der Waals surface area (Å²) < 4.78 is 19.1. The first kappa shape index (κ1) is 17.5. The molecule has 0 amide bonds. The van der Waals surface area contributed by atoms with E-state index in [4.69, 9.17) is 0 Å². The number of aryl methyl sites for hydroxylation is 1. The van der Waals surface area contributed by atoms with Crippen molar-refractivity contribution in [3.05, 3.63) is 101 Å². The minimum atomic E-state index is -0.693. The summed E-state index contributed by atoms with van der Waals surface area (Å²) in [5, 5.41) is 0. The van der Waals surface area contributed by atoms with Crippen molar-refractivity contribution >= 4 is 17.4 Å². The Bertz CT molecular complexity index is 886. The number of hydrogen-bond donors (Lipinski definition) is 0. The van der Waals surface area contributed by atoms with Crippen LogP contribution in [0.1, 0.15) is 27.0 Å². The van der Waals surface area contributed by atoms with Crippen LogP contribution in [0.3, 0.4) is 0 Å². The molecule has 0 saturated carbocycles. The van der Waals surface area contributed by atoms with E-state index in [1.807, 2.05) is 60.7 Å². The molecule has 26 heavy (non-hydrogen) atoms. The number of carbonyl (C=O) groups excluding carboxylic acids is 1. The van der Waals surface area contributed by atoms with Gasteiger partial charge in [-0.2, -0.15) is 0 Å². The predicted molar refractivity (Wildman–Crippen MR) is 101 cm³/mol. The van der Waals surface area contributed by atoms with E-state index in [9.17, 15) is 9.18 Å². The molecule has 0 spiro atoms. The van der Waals surface area contributed by atoms with Crippen LogP contribution < -0.4 is 0 Å². The lowest BCUT2D eigenvalue weighted by Gasteiger charge is -2.10. The molecular weight excluding hydrogens is 329 g/mol. The first-order valence-corrected chi connectivity index (χ1v) is 8.18. The molecule has 0 radical (unpaired) electrons. The van der Waals surface area contributed by atoms with Crippen molar-refractivity contribution in [1.29, 1.82) is 0 Å². The number of halogens is 1. The zero-order valence-electron chi connectivity index (χ0n) is 14.6. The third kappa shape index (κ3) is 3.70. The van der Waals surface area contributed by atoms with Crippen LogP contribution >= 0.6 is 0 Å². The predicted octanol–water partition coefficient (Wildman–Crippen LogP) is 5.09. The highest BCUT2D eigenvalue weighted by Gasteiger charge is 2.17. The number of nitrogens with zero attached hydrogens (tertiary/aromatic N) is 1. The van der Waals surface area contributed by atoms with Crippen LogP contribution in [0.15, 0.2) is 77.8 Å². The number of hydrogen-bond acceptors (Lipinski definition) is 3. The second-order valence-electron chi connectivity index (χ2n) is 5.80. The van der Waals surface area contributed by atoms with Crippen LogP contribution in [0.25, 0.3) is 0 Å². The summed E-state index contributed by atoms with van der Waals surface area (Å²) in [5.74, 6) is -1.34. The molecule has 130 valence electrons. The SMILES string of the molecule is COC(=O)c1c(C)cc(N=C(c2ccccc2)c2ccccc2)cc1F. The number of ether oxygens (including phenoxy) is 1. The van der Waals surface area contributed by atoms with Gasteiger partial charge in [0.15, 0.2) is 0 Å². The van der Waals surface area contributed by atoms with Crippen molar-refractivity contribution in [1.82, 2.24) is 0 Å². The third-order valence-corrected chi connectivity index (χ3v) is 4.00. The third-order valence-electron chi connectivity index (χ3n) is 4.00. The van der Waals surface area contributed by atoms with Crippen LogP contribution in [0, 0.1) is 12.7 Å². The second-order valence-corrected chi connectivity index (χ2v) is 5.80. The van der Waals surface area contributed by atoms with Gasteiger partial charge >= 0.3 is 5.97 Å². The minimum absolute atomic E-state index is 0.0626. The van der Waals surface area contributed by atoms with Gasteiger partial charge in [0.1, 0.15) is 5.82 Å². The van der Waals surface area contributed by atoms with Gasteiger partial charge in [-0.15, -0.1) is 0 Å². The fraction of sp³-hybridized carbons (Fsp3) is 0.0909. The van der Waals surface area contributed by atoms with E-state index in [1.54, 1.807) is 13.0 Å². The van der Waals surface area contributed by atoms with Gasteiger partial charge in [0, 0.05) is 17.2 Å². The van der Waals surface area contributed by atoms with Crippen molar-refractivity contribution in [3.63, 3.8) is 0 Å². The zero-order valence-corrected chi connectivity index (χ0v) is 14.6. The van der Waals surface area contributed by atoms with Gasteiger partial charge in [0.25, 0.3) is 0 Å². The van der Waals surface area contributed by atoms with Crippen molar-refractivity contribution in [3.8, 4) is 0 Å². The first-order valence-electron chi connectivity index (χ1n) is 8.18. The van der Waals surface area contributed by atoms with Gasteiger partial charge in [0.05, 0.1) is 24.1 Å². The Balaban J connectivity index is 2.14. The van der Waals surface area contributed by atoms with Gasteiger partial charge in [-0.1, -0.05) is 60.7 Å². The molecule has 3 aromatic carbocycles. The summed E-state index contributed by atoms with van der Waals surface area (Å²) in [7, 11) is 1.23. The van der Waals surface area contributed by atoms with Crippen LogP contribution in [-0.2, 0) is 4.74 Å². The topological polar surface area (TPSA) is 38.7 Å². The van der Waals surface area contributed by atoms with Gasteiger partial charge in [-0.05, 0) is 18.6 Å². The Morgan fingerprint density at radius 1 is 0.923 bits per heavy atom. The highest BCUT2D eigenvalue weighted by atomic mass is 19.1. The van der Waals surface area contributed by atoms with Crippen LogP contribution in [-0.4, -0.2) is 18.8 Å². The van der Waals surface area contributed by atoms with Gasteiger partial charge in [0.2, 0.25) is 0 Å². The van der Waals surface area contributed by atoms with Gasteiger partial charge in [-0.25, -0.2) is 14.2 Å². The number of rotatable bonds is 4. The normalized spacial score (nSPS) is 10.3. The van der Waals surface area contributed by atoms with Crippen LogP contribution in [0.2, 0.25) is 0 Å². The first-order chi connectivity index (χ1) is 12.6. The lowest BCUT2D eigenvalue weighted by molar-refractivity contribution is 0.0594. The molecule has 0 aromatic heterocycles. The van der Waals surface area contributed by atoms with E-state index in [-0.39, 0.29) is 5.56 Å². The Kier molecular flexibility index (Phi) is 5.23. The van der Waals surface area contributed by atoms with Crippen LogP contribution in [0.5, 0.6) is 0 Å². The molecule has 0 bridgehead atoms. The number of esters is 1. The summed E-state index contributed by atoms with van der Waals surface area (Å²) in [5.41, 5.74) is 3.44. The average molecular weight is 347 g/mol. The Morgan fingerprint density at radius 2 is 1.46 bits per heavy atom. The monoisotopic (exact) mass is 347 g/mol. The summed E-state index contributed by atoms with van der Waals surface area (Å²) in [6.07, 6.45) is 0. The Morgan fingerprint density at radius 3 is 1.92 bits per heavy atom. The van der Waals surface area contributed by atoms with Crippen LogP contribution in [0.4, 0.5) is 10.1 Å². The second kappa shape index (κ2) is 7.74.